The number of hydrogen-bond acceptors (Lipinski definition) is 6. The summed E-state index contributed by atoms with van der Waals surface area (Å²) < 4.78 is 16.1. The summed E-state index contributed by atoms with van der Waals surface area (Å²) in [6.07, 6.45) is 0.389. The number of β-lactam (4-membered cyclic amide) rings is 2. The maximum atomic E-state index is 13.4. The van der Waals surface area contributed by atoms with Crippen LogP contribution in [0.5, 0.6) is 11.5 Å². The molecule has 0 spiro atoms. The summed E-state index contributed by atoms with van der Waals surface area (Å²) in [5.74, 6) is -0.624. The average Bonchev–Trinajstić information content (AvgIpc) is 2.92. The second-order valence-corrected chi connectivity index (χ2v) is 8.76. The Morgan fingerprint density at radius 2 is 1.42 bits per heavy atom. The van der Waals surface area contributed by atoms with Crippen LogP contribution in [0.25, 0.3) is 0 Å². The monoisotopic (exact) mass is 488 g/mol. The lowest BCUT2D eigenvalue weighted by Gasteiger charge is -2.47. The quantitative estimate of drug-likeness (QED) is 0.169. The van der Waals surface area contributed by atoms with Crippen molar-refractivity contribution in [1.82, 2.24) is 0 Å². The molecule has 1 fully saturated rings. The molecule has 0 saturated carbocycles. The first-order valence-corrected chi connectivity index (χ1v) is 12.0. The molecule has 0 bridgehead atoms. The molecule has 1 saturated heterocycles. The number of esters is 1. The van der Waals surface area contributed by atoms with E-state index in [9.17, 15) is 14.4 Å². The summed E-state index contributed by atoms with van der Waals surface area (Å²) in [5.41, 5.74) is 1.65. The first-order valence-electron chi connectivity index (χ1n) is 12.0. The number of hydrogen-bond donors (Lipinski definition) is 0. The Balaban J connectivity index is 1.56. The number of methoxy groups -OCH3 is 1. The molecule has 1 heterocycles. The molecular weight excluding hydrogens is 458 g/mol. The molecule has 2 amide bonds. The van der Waals surface area contributed by atoms with Crippen LogP contribution in [0.15, 0.2) is 84.9 Å². The second-order valence-electron chi connectivity index (χ2n) is 8.76. The highest BCUT2D eigenvalue weighted by atomic mass is 16.5. The van der Waals surface area contributed by atoms with E-state index in [0.29, 0.717) is 17.9 Å². The van der Waals surface area contributed by atoms with E-state index in [1.54, 1.807) is 31.2 Å². The van der Waals surface area contributed by atoms with E-state index in [4.69, 9.17) is 14.2 Å². The normalized spacial score (nSPS) is 19.9. The van der Waals surface area contributed by atoms with E-state index in [2.05, 4.69) is 0 Å². The first kappa shape index (κ1) is 25.3. The number of carbonyl (C=O) groups excluding carboxylic acids is 3. The molecule has 0 N–H and O–H groups in total. The fourth-order valence-electron chi connectivity index (χ4n) is 4.58. The van der Waals surface area contributed by atoms with Crippen molar-refractivity contribution in [3.63, 3.8) is 0 Å². The Morgan fingerprint density at radius 3 is 2.00 bits per heavy atom. The second kappa shape index (κ2) is 11.3. The van der Waals surface area contributed by atoms with Crippen LogP contribution >= 0.6 is 0 Å². The summed E-state index contributed by atoms with van der Waals surface area (Å²) in [5, 5.41) is 0. The highest BCUT2D eigenvalue weighted by molar-refractivity contribution is 6.09. The van der Waals surface area contributed by atoms with E-state index >= 15 is 0 Å². The minimum Gasteiger partial charge on any atom is -0.465 e. The maximum absolute atomic E-state index is 13.4. The average molecular weight is 489 g/mol. The molecule has 36 heavy (non-hydrogen) atoms. The SMILES string of the molecule is CCC1C(=O)[N+](Cc2ccc(Oc3ccccc3)cc2)(C(COCc2ccccc2)C(=O)OC)C1=O. The first-order chi connectivity index (χ1) is 17.5. The Labute approximate surface area is 210 Å². The van der Waals surface area contributed by atoms with Crippen LogP contribution in [-0.4, -0.2) is 42.0 Å². The fraction of sp³-hybridized carbons (Fsp3) is 0.276. The van der Waals surface area contributed by atoms with Crippen LogP contribution in [-0.2, 0) is 37.0 Å². The Morgan fingerprint density at radius 1 is 0.833 bits per heavy atom. The third-order valence-corrected chi connectivity index (χ3v) is 6.52. The number of benzene rings is 3. The lowest BCUT2D eigenvalue weighted by atomic mass is 9.86. The molecule has 0 aromatic heterocycles. The molecular formula is C29H30NO6+. The van der Waals surface area contributed by atoms with Gasteiger partial charge in [0.2, 0.25) is 6.04 Å². The van der Waals surface area contributed by atoms with Crippen molar-refractivity contribution in [2.75, 3.05) is 13.7 Å². The molecule has 7 heteroatoms. The van der Waals surface area contributed by atoms with Gasteiger partial charge < -0.3 is 14.2 Å². The summed E-state index contributed by atoms with van der Waals surface area (Å²) >= 11 is 0. The predicted octanol–water partition coefficient (Wildman–Crippen LogP) is 4.65. The summed E-state index contributed by atoms with van der Waals surface area (Å²) in [4.78, 5) is 39.7. The topological polar surface area (TPSA) is 78.9 Å². The van der Waals surface area contributed by atoms with Crippen molar-refractivity contribution < 1.29 is 33.1 Å². The number of nitrogens with zero attached hydrogens (tertiary/aromatic N) is 1. The van der Waals surface area contributed by atoms with Gasteiger partial charge in [-0.25, -0.2) is 14.4 Å². The number of quaternary nitrogens is 1. The van der Waals surface area contributed by atoms with Gasteiger partial charge >= 0.3 is 17.8 Å². The van der Waals surface area contributed by atoms with E-state index < -0.39 is 22.4 Å². The number of carbonyl (C=O) groups is 3. The molecule has 1 unspecified atom stereocenters. The lowest BCUT2D eigenvalue weighted by molar-refractivity contribution is -0.834. The summed E-state index contributed by atoms with van der Waals surface area (Å²) in [7, 11) is 1.25. The van der Waals surface area contributed by atoms with Gasteiger partial charge in [0.1, 0.15) is 24.7 Å². The minimum atomic E-state index is -1.10. The third-order valence-electron chi connectivity index (χ3n) is 6.52. The number of ether oxygens (including phenoxy) is 3. The number of rotatable bonds is 11. The fourth-order valence-corrected chi connectivity index (χ4v) is 4.58. The molecule has 186 valence electrons. The highest BCUT2D eigenvalue weighted by Crippen LogP contribution is 2.38. The maximum Gasteiger partial charge on any atom is 0.368 e. The summed E-state index contributed by atoms with van der Waals surface area (Å²) in [6, 6.07) is 25.0. The van der Waals surface area contributed by atoms with Gasteiger partial charge in [-0.05, 0) is 48.4 Å². The van der Waals surface area contributed by atoms with Crippen LogP contribution < -0.4 is 4.74 Å². The van der Waals surface area contributed by atoms with Gasteiger partial charge in [-0.2, -0.15) is 4.48 Å². The van der Waals surface area contributed by atoms with Crippen LogP contribution in [0.4, 0.5) is 0 Å². The van der Waals surface area contributed by atoms with E-state index in [1.165, 1.54) is 7.11 Å². The van der Waals surface area contributed by atoms with Crippen molar-refractivity contribution in [3.8, 4) is 11.5 Å². The molecule has 1 aliphatic heterocycles. The molecule has 0 radical (unpaired) electrons. The Bertz CT molecular complexity index is 1180. The largest absolute Gasteiger partial charge is 0.465 e. The molecule has 3 aromatic rings. The van der Waals surface area contributed by atoms with Crippen molar-refractivity contribution >= 4 is 17.8 Å². The number of amides is 2. The van der Waals surface area contributed by atoms with Gasteiger partial charge in [0.05, 0.1) is 13.7 Å². The van der Waals surface area contributed by atoms with Crippen molar-refractivity contribution in [2.45, 2.75) is 32.5 Å². The van der Waals surface area contributed by atoms with Crippen LogP contribution in [0.3, 0.4) is 0 Å². The standard InChI is InChI=1S/C29H30NO6/c1-3-25-27(31)30(28(25)32,26(29(33)34-2)20-35-19-22-10-6-4-7-11-22)18-21-14-16-24(17-15-21)36-23-12-8-5-9-13-23/h4-17,25-26H,3,18-20H2,1-2H3/q+1. The zero-order chi connectivity index (χ0) is 25.5. The van der Waals surface area contributed by atoms with Crippen LogP contribution in [0.1, 0.15) is 24.5 Å². The van der Waals surface area contributed by atoms with Gasteiger partial charge in [-0.15, -0.1) is 0 Å². The molecule has 1 aliphatic rings. The Hall–Kier alpha value is -3.81. The van der Waals surface area contributed by atoms with Crippen molar-refractivity contribution in [1.29, 1.82) is 0 Å². The lowest BCUT2D eigenvalue weighted by Crippen LogP contribution is -2.77. The van der Waals surface area contributed by atoms with Crippen LogP contribution in [0, 0.1) is 5.92 Å². The van der Waals surface area contributed by atoms with Gasteiger partial charge in [-0.1, -0.05) is 55.5 Å². The number of likely N-dealkylation sites (tertiary alicyclic amines) is 1. The molecule has 7 nitrogen and oxygen atoms in total. The van der Waals surface area contributed by atoms with Crippen LogP contribution in [0.2, 0.25) is 0 Å². The van der Waals surface area contributed by atoms with Gasteiger partial charge in [0, 0.05) is 5.56 Å². The Kier molecular flexibility index (Phi) is 7.93. The molecule has 3 aromatic carbocycles. The molecule has 0 aliphatic carbocycles. The highest BCUT2D eigenvalue weighted by Gasteiger charge is 2.68. The summed E-state index contributed by atoms with van der Waals surface area (Å²) in [6.45, 7) is 1.96. The van der Waals surface area contributed by atoms with Gasteiger partial charge in [0.25, 0.3) is 0 Å². The van der Waals surface area contributed by atoms with Gasteiger partial charge in [-0.3, -0.25) is 0 Å². The zero-order valence-corrected chi connectivity index (χ0v) is 20.5. The third kappa shape index (κ3) is 5.08. The van der Waals surface area contributed by atoms with Crippen molar-refractivity contribution in [3.05, 3.63) is 96.1 Å². The number of imide groups is 1. The zero-order valence-electron chi connectivity index (χ0n) is 20.5. The number of para-hydroxylation sites is 1. The van der Waals surface area contributed by atoms with Crippen molar-refractivity contribution in [2.24, 2.45) is 5.92 Å². The minimum absolute atomic E-state index is 0.0360. The molecule has 1 atom stereocenters. The smallest absolute Gasteiger partial charge is 0.368 e. The van der Waals surface area contributed by atoms with E-state index in [0.717, 1.165) is 11.1 Å². The van der Waals surface area contributed by atoms with E-state index in [1.807, 2.05) is 60.7 Å². The van der Waals surface area contributed by atoms with E-state index in [-0.39, 0.29) is 31.6 Å². The van der Waals surface area contributed by atoms with Gasteiger partial charge in [0.15, 0.2) is 5.92 Å². The molecule has 4 rings (SSSR count). The predicted molar refractivity (Wildman–Crippen MR) is 133 cm³/mol.